The number of esters is 1. The molecule has 0 radical (unpaired) electrons. The number of hydrogen-bond acceptors (Lipinski definition) is 17. The predicted octanol–water partition coefficient (Wildman–Crippen LogP) is 1.17. The number of rotatable bonds is 0. The van der Waals surface area contributed by atoms with Gasteiger partial charge in [0.05, 0.1) is 85.5 Å². The standard InChI is InChI=1S/C51H80N2O16/c1-31-19-15-13-11-9-7-5-6-8-10-12-14-16-20-38-28-42-44(49(64)53-24-18-17-23-52-45-47(62)34(4)67-50(68-38)48(45)63)41(59)30-51(65,69-42)29-37(56)26-40(58)39(57)22-21-35(54)25-36(55)27-43(60)66-33(3)32(2)46(31)61/h5-16,19-20,31-42,44-48,50,52,54-59,61-63,65H,17-18,21-30H2,1-4H3,(H,53,64)/b6-5+,9-7+,10-8+,13-11+,14-12+,19-15+,20-16+/t31-,32-,33-,34+,35+,36+,37-,38-,39+,40+,41-,42-,44+,45+,46+,47+,48-,50-,51+/m0/s1. The van der Waals surface area contributed by atoms with Gasteiger partial charge in [-0.15, -0.1) is 0 Å². The summed E-state index contributed by atoms with van der Waals surface area (Å²) in [5.74, 6) is -5.40. The third-order valence-electron chi connectivity index (χ3n) is 13.3. The molecule has 390 valence electrons. The fourth-order valence-corrected chi connectivity index (χ4v) is 9.05. The van der Waals surface area contributed by atoms with Crippen LogP contribution in [0.1, 0.15) is 91.9 Å². The molecule has 3 saturated heterocycles. The lowest BCUT2D eigenvalue weighted by molar-refractivity contribution is -0.307. The molecule has 3 fully saturated rings. The number of fused-ring (bicyclic) bond motifs is 4. The molecule has 0 saturated carbocycles. The van der Waals surface area contributed by atoms with E-state index in [0.29, 0.717) is 19.4 Å². The van der Waals surface area contributed by atoms with Gasteiger partial charge in [0, 0.05) is 44.1 Å². The Kier molecular flexibility index (Phi) is 24.6. The summed E-state index contributed by atoms with van der Waals surface area (Å²) in [7, 11) is 0. The van der Waals surface area contributed by atoms with E-state index in [2.05, 4.69) is 10.6 Å². The van der Waals surface area contributed by atoms with Crippen LogP contribution >= 0.6 is 0 Å². The first-order chi connectivity index (χ1) is 32.8. The summed E-state index contributed by atoms with van der Waals surface area (Å²) in [6, 6.07) is -0.805. The van der Waals surface area contributed by atoms with Crippen molar-refractivity contribution in [1.29, 1.82) is 0 Å². The summed E-state index contributed by atoms with van der Waals surface area (Å²) in [6.07, 6.45) is 7.11. The highest BCUT2D eigenvalue weighted by Gasteiger charge is 2.51. The molecule has 4 rings (SSSR count). The molecule has 0 aromatic rings. The lowest BCUT2D eigenvalue weighted by Crippen LogP contribution is -2.63. The van der Waals surface area contributed by atoms with Gasteiger partial charge in [0.2, 0.25) is 5.91 Å². The van der Waals surface area contributed by atoms with Crippen LogP contribution in [0.4, 0.5) is 0 Å². The average molecular weight is 977 g/mol. The van der Waals surface area contributed by atoms with E-state index < -0.39 is 147 Å². The number of ether oxygens (including phenoxy) is 4. The number of hydrogen-bond donors (Lipinski definition) is 12. The normalized spacial score (nSPS) is 45.2. The number of aliphatic hydroxyl groups excluding tert-OH is 9. The van der Waals surface area contributed by atoms with Gasteiger partial charge < -0.3 is 80.6 Å². The summed E-state index contributed by atoms with van der Waals surface area (Å²) in [6.45, 7) is 7.56. The SMILES string of the molecule is C[C@@H]1[C@H](O)[C@@H](C)/C=C/C=C/C=C/C=C/C=C/C=C/C=C/[C@H]2C[C@@H]3O[C@](O)(C[C@@H](O)C[C@@H](O)[C@H](O)CC[C@@H](O)C[C@@H](O)CC(=O)O[C@H]1C)C[C@H](O)[C@H]3C(=O)NCCCCN[C@H]1[C@H](O)[C@H](O2)O[C@H](C)[C@H]1O. The smallest absolute Gasteiger partial charge is 0.308 e. The Morgan fingerprint density at radius 1 is 0.594 bits per heavy atom. The van der Waals surface area contributed by atoms with Crippen molar-refractivity contribution >= 4 is 11.9 Å². The molecule has 0 aromatic heterocycles. The van der Waals surface area contributed by atoms with Crippen LogP contribution in [-0.2, 0) is 28.5 Å². The van der Waals surface area contributed by atoms with Crippen molar-refractivity contribution in [3.8, 4) is 0 Å². The second kappa shape index (κ2) is 29.2. The number of nitrogens with one attached hydrogen (secondary N) is 2. The maximum Gasteiger partial charge on any atom is 0.308 e. The highest BCUT2D eigenvalue weighted by molar-refractivity contribution is 5.80. The molecule has 12 N–H and O–H groups in total. The zero-order valence-corrected chi connectivity index (χ0v) is 40.4. The highest BCUT2D eigenvalue weighted by Crippen LogP contribution is 2.38. The zero-order chi connectivity index (χ0) is 50.7. The van der Waals surface area contributed by atoms with E-state index in [1.165, 1.54) is 0 Å². The fourth-order valence-electron chi connectivity index (χ4n) is 9.05. The summed E-state index contributed by atoms with van der Waals surface area (Å²) in [4.78, 5) is 26.4. The number of cyclic esters (lactones) is 1. The van der Waals surface area contributed by atoms with Crippen molar-refractivity contribution in [3.63, 3.8) is 0 Å². The summed E-state index contributed by atoms with van der Waals surface area (Å²) < 4.78 is 24.0. The first-order valence-electron chi connectivity index (χ1n) is 24.5. The number of amides is 1. The Labute approximate surface area is 406 Å². The molecule has 4 aliphatic heterocycles. The van der Waals surface area contributed by atoms with E-state index in [-0.39, 0.29) is 38.1 Å². The third kappa shape index (κ3) is 19.3. The largest absolute Gasteiger partial charge is 0.462 e. The van der Waals surface area contributed by atoms with Crippen LogP contribution in [-0.4, -0.2) is 174 Å². The highest BCUT2D eigenvalue weighted by atomic mass is 16.7. The van der Waals surface area contributed by atoms with Crippen LogP contribution in [0.3, 0.4) is 0 Å². The molecular weight excluding hydrogens is 897 g/mol. The summed E-state index contributed by atoms with van der Waals surface area (Å²) in [5, 5.41) is 117. The van der Waals surface area contributed by atoms with Crippen molar-refractivity contribution < 1.29 is 79.6 Å². The Morgan fingerprint density at radius 3 is 1.86 bits per heavy atom. The van der Waals surface area contributed by atoms with Crippen LogP contribution in [0.5, 0.6) is 0 Å². The molecule has 0 aromatic carbocycles. The van der Waals surface area contributed by atoms with Crippen molar-refractivity contribution in [2.75, 3.05) is 13.1 Å². The van der Waals surface area contributed by atoms with E-state index in [1.54, 1.807) is 51.2 Å². The minimum Gasteiger partial charge on any atom is -0.462 e. The molecule has 0 unspecified atom stereocenters. The first-order valence-corrected chi connectivity index (χ1v) is 24.5. The van der Waals surface area contributed by atoms with Gasteiger partial charge in [0.15, 0.2) is 12.1 Å². The summed E-state index contributed by atoms with van der Waals surface area (Å²) in [5.41, 5.74) is 0. The maximum absolute atomic E-state index is 13.8. The molecule has 18 heteroatoms. The lowest BCUT2D eigenvalue weighted by atomic mass is 9.82. The average Bonchev–Trinajstić information content (AvgIpc) is 3.27. The van der Waals surface area contributed by atoms with Crippen molar-refractivity contribution in [2.45, 2.75) is 189 Å². The molecule has 69 heavy (non-hydrogen) atoms. The number of aliphatic hydroxyl groups is 10. The van der Waals surface area contributed by atoms with Gasteiger partial charge in [0.25, 0.3) is 0 Å². The van der Waals surface area contributed by atoms with Crippen LogP contribution in [0.25, 0.3) is 0 Å². The minimum absolute atomic E-state index is 0.0812. The van der Waals surface area contributed by atoms with Gasteiger partial charge >= 0.3 is 5.97 Å². The van der Waals surface area contributed by atoms with Crippen LogP contribution in [0, 0.1) is 17.8 Å². The molecule has 4 heterocycles. The van der Waals surface area contributed by atoms with E-state index in [1.807, 2.05) is 61.6 Å². The molecule has 0 aliphatic carbocycles. The molecule has 1 amide bonds. The van der Waals surface area contributed by atoms with Crippen LogP contribution in [0.15, 0.2) is 85.1 Å². The van der Waals surface area contributed by atoms with Gasteiger partial charge in [-0.3, -0.25) is 9.59 Å². The van der Waals surface area contributed by atoms with Crippen molar-refractivity contribution in [1.82, 2.24) is 10.6 Å². The quantitative estimate of drug-likeness (QED) is 0.152. The topological polar surface area (TPSA) is 297 Å². The lowest BCUT2D eigenvalue weighted by Gasteiger charge is -2.46. The van der Waals surface area contributed by atoms with Crippen molar-refractivity contribution in [2.24, 2.45) is 17.8 Å². The molecule has 0 spiro atoms. The molecule has 19 atom stereocenters. The van der Waals surface area contributed by atoms with Gasteiger partial charge in [-0.05, 0) is 52.5 Å². The Hall–Kier alpha value is -3.44. The zero-order valence-electron chi connectivity index (χ0n) is 40.4. The maximum atomic E-state index is 13.8. The number of carbonyl (C=O) groups excluding carboxylic acids is 2. The number of allylic oxidation sites excluding steroid dienone is 12. The van der Waals surface area contributed by atoms with Crippen molar-refractivity contribution in [3.05, 3.63) is 85.1 Å². The van der Waals surface area contributed by atoms with E-state index in [4.69, 9.17) is 18.9 Å². The van der Waals surface area contributed by atoms with Crippen LogP contribution in [0.2, 0.25) is 0 Å². The number of carbonyl (C=O) groups is 2. The van der Waals surface area contributed by atoms with Crippen LogP contribution < -0.4 is 10.6 Å². The molecular formula is C51H80N2O16. The van der Waals surface area contributed by atoms with E-state index >= 15 is 0 Å². The van der Waals surface area contributed by atoms with Gasteiger partial charge in [-0.1, -0.05) is 98.9 Å². The van der Waals surface area contributed by atoms with Gasteiger partial charge in [-0.25, -0.2) is 0 Å². The molecule has 5 bridgehead atoms. The molecule has 4 aliphatic rings. The summed E-state index contributed by atoms with van der Waals surface area (Å²) >= 11 is 0. The van der Waals surface area contributed by atoms with Gasteiger partial charge in [-0.2, -0.15) is 0 Å². The fraction of sp³-hybridized carbons (Fsp3) is 0.686. The second-order valence-electron chi connectivity index (χ2n) is 19.1. The predicted molar refractivity (Wildman–Crippen MR) is 255 cm³/mol. The Morgan fingerprint density at radius 2 is 1.20 bits per heavy atom. The minimum atomic E-state index is -2.23. The van der Waals surface area contributed by atoms with E-state index in [0.717, 1.165) is 0 Å². The second-order valence-corrected chi connectivity index (χ2v) is 19.1. The monoisotopic (exact) mass is 977 g/mol. The third-order valence-corrected chi connectivity index (χ3v) is 13.3. The Bertz CT molecular complexity index is 1770. The Balaban J connectivity index is 1.59. The first kappa shape index (κ1) is 58.1. The van der Waals surface area contributed by atoms with Gasteiger partial charge in [0.1, 0.15) is 12.2 Å². The molecule has 18 nitrogen and oxygen atoms in total. The van der Waals surface area contributed by atoms with E-state index in [9.17, 15) is 60.7 Å².